The van der Waals surface area contributed by atoms with Gasteiger partial charge >= 0.3 is 5.97 Å². The number of likely N-dealkylation sites (tertiary alicyclic amines) is 1. The third-order valence-electron chi connectivity index (χ3n) is 5.49. The highest BCUT2D eigenvalue weighted by atomic mass is 16.5. The van der Waals surface area contributed by atoms with Crippen molar-refractivity contribution in [2.75, 3.05) is 33.8 Å². The second-order valence-electron chi connectivity index (χ2n) is 6.61. The van der Waals surface area contributed by atoms with Gasteiger partial charge in [-0.1, -0.05) is 13.3 Å². The smallest absolute Gasteiger partial charge is 0.326 e. The molecule has 0 amide bonds. The van der Waals surface area contributed by atoms with Crippen LogP contribution in [0.15, 0.2) is 0 Å². The fraction of sp³-hybridized carbons (Fsp3) is 0.938. The molecule has 2 fully saturated rings. The van der Waals surface area contributed by atoms with E-state index < -0.39 is 5.54 Å². The number of methoxy groups -OCH3 is 1. The number of hydrogen-bond acceptors (Lipinski definition) is 4. The van der Waals surface area contributed by atoms with Crippen LogP contribution in [0.25, 0.3) is 0 Å². The molecule has 1 N–H and O–H groups in total. The van der Waals surface area contributed by atoms with Crippen molar-refractivity contribution in [3.63, 3.8) is 0 Å². The predicted octanol–water partition coefficient (Wildman–Crippen LogP) is 2.04. The van der Waals surface area contributed by atoms with Gasteiger partial charge in [0.2, 0.25) is 0 Å². The molecule has 2 unspecified atom stereocenters. The van der Waals surface area contributed by atoms with Gasteiger partial charge < -0.3 is 15.0 Å². The van der Waals surface area contributed by atoms with Crippen LogP contribution in [0, 0.1) is 11.8 Å². The molecule has 0 radical (unpaired) electrons. The van der Waals surface area contributed by atoms with Crippen LogP contribution in [0.5, 0.6) is 0 Å². The maximum absolute atomic E-state index is 12.2. The zero-order valence-corrected chi connectivity index (χ0v) is 13.3. The number of esters is 1. The van der Waals surface area contributed by atoms with Crippen LogP contribution in [-0.2, 0) is 9.53 Å². The van der Waals surface area contributed by atoms with Gasteiger partial charge in [-0.05, 0) is 70.6 Å². The lowest BCUT2D eigenvalue weighted by Gasteiger charge is -2.35. The molecule has 0 aromatic rings. The summed E-state index contributed by atoms with van der Waals surface area (Å²) in [6, 6.07) is 0. The minimum absolute atomic E-state index is 0.0743. The third kappa shape index (κ3) is 3.17. The molecule has 2 rings (SSSR count). The quantitative estimate of drug-likeness (QED) is 0.784. The molecule has 2 aliphatic rings. The summed E-state index contributed by atoms with van der Waals surface area (Å²) >= 11 is 0. The number of piperidine rings is 1. The molecule has 116 valence electrons. The van der Waals surface area contributed by atoms with E-state index in [9.17, 15) is 4.79 Å². The lowest BCUT2D eigenvalue weighted by Crippen LogP contribution is -2.54. The van der Waals surface area contributed by atoms with Crippen molar-refractivity contribution < 1.29 is 9.53 Å². The number of ether oxygens (including phenoxy) is 1. The summed E-state index contributed by atoms with van der Waals surface area (Å²) in [7, 11) is 3.40. The van der Waals surface area contributed by atoms with Crippen molar-refractivity contribution in [3.05, 3.63) is 0 Å². The van der Waals surface area contributed by atoms with Crippen LogP contribution in [0.1, 0.15) is 45.4 Å². The van der Waals surface area contributed by atoms with Crippen LogP contribution >= 0.6 is 0 Å². The lowest BCUT2D eigenvalue weighted by molar-refractivity contribution is -0.150. The number of carbonyl (C=O) groups is 1. The molecule has 4 nitrogen and oxygen atoms in total. The van der Waals surface area contributed by atoms with Crippen LogP contribution in [0.3, 0.4) is 0 Å². The maximum Gasteiger partial charge on any atom is 0.326 e. The Kier molecular flexibility index (Phi) is 5.44. The number of rotatable bonds is 5. The van der Waals surface area contributed by atoms with Gasteiger partial charge in [-0.2, -0.15) is 0 Å². The van der Waals surface area contributed by atoms with Gasteiger partial charge in [0, 0.05) is 0 Å². The molecule has 4 heteroatoms. The van der Waals surface area contributed by atoms with Crippen LogP contribution < -0.4 is 5.32 Å². The highest BCUT2D eigenvalue weighted by molar-refractivity contribution is 5.81. The molecule has 1 saturated heterocycles. The van der Waals surface area contributed by atoms with Gasteiger partial charge in [0.15, 0.2) is 0 Å². The Hall–Kier alpha value is -0.610. The molecule has 1 aliphatic carbocycles. The van der Waals surface area contributed by atoms with E-state index in [1.54, 1.807) is 0 Å². The Balaban J connectivity index is 1.89. The molecular formula is C16H30N2O2. The number of likely N-dealkylation sites (N-methyl/N-ethyl adjacent to an activating group) is 1. The first-order valence-corrected chi connectivity index (χ1v) is 8.12. The van der Waals surface area contributed by atoms with Crippen molar-refractivity contribution in [3.8, 4) is 0 Å². The van der Waals surface area contributed by atoms with Gasteiger partial charge in [-0.3, -0.25) is 4.79 Å². The van der Waals surface area contributed by atoms with Gasteiger partial charge in [0.1, 0.15) is 5.54 Å². The summed E-state index contributed by atoms with van der Waals surface area (Å²) in [5.41, 5.74) is -0.433. The van der Waals surface area contributed by atoms with Gasteiger partial charge in [-0.15, -0.1) is 0 Å². The highest BCUT2D eigenvalue weighted by Gasteiger charge is 2.48. The van der Waals surface area contributed by atoms with E-state index >= 15 is 0 Å². The van der Waals surface area contributed by atoms with Crippen molar-refractivity contribution in [1.29, 1.82) is 0 Å². The molecule has 2 atom stereocenters. The zero-order chi connectivity index (χ0) is 14.6. The summed E-state index contributed by atoms with van der Waals surface area (Å²) in [6.45, 7) is 5.91. The molecule has 0 spiro atoms. The Morgan fingerprint density at radius 1 is 1.35 bits per heavy atom. The van der Waals surface area contributed by atoms with Crippen molar-refractivity contribution in [1.82, 2.24) is 10.2 Å². The SMILES string of the molecule is CNC1(C(=O)OC)CCCC1CCN1CCC(C)CC1. The highest BCUT2D eigenvalue weighted by Crippen LogP contribution is 2.39. The lowest BCUT2D eigenvalue weighted by atomic mass is 9.84. The van der Waals surface area contributed by atoms with Crippen molar-refractivity contribution >= 4 is 5.97 Å². The number of carbonyl (C=O) groups excluding carboxylic acids is 1. The minimum atomic E-state index is -0.433. The number of nitrogens with one attached hydrogen (secondary N) is 1. The van der Waals surface area contributed by atoms with E-state index in [-0.39, 0.29) is 5.97 Å². The van der Waals surface area contributed by atoms with Crippen LogP contribution in [0.4, 0.5) is 0 Å². The first-order chi connectivity index (χ1) is 9.62. The molecular weight excluding hydrogens is 252 g/mol. The van der Waals surface area contributed by atoms with Crippen molar-refractivity contribution in [2.45, 2.75) is 51.0 Å². The molecule has 0 aromatic heterocycles. The van der Waals surface area contributed by atoms with E-state index in [2.05, 4.69) is 17.1 Å². The summed E-state index contributed by atoms with van der Waals surface area (Å²) in [5, 5.41) is 3.28. The fourth-order valence-corrected chi connectivity index (χ4v) is 3.97. The summed E-state index contributed by atoms with van der Waals surface area (Å²) in [6.07, 6.45) is 6.91. The number of nitrogens with zero attached hydrogens (tertiary/aromatic N) is 1. The Bertz CT molecular complexity index is 326. The average molecular weight is 282 g/mol. The van der Waals surface area contributed by atoms with Gasteiger partial charge in [-0.25, -0.2) is 0 Å². The Labute approximate surface area is 123 Å². The molecule has 20 heavy (non-hydrogen) atoms. The van der Waals surface area contributed by atoms with E-state index in [0.717, 1.165) is 38.1 Å². The fourth-order valence-electron chi connectivity index (χ4n) is 3.97. The molecule has 0 aromatic carbocycles. The standard InChI is InChI=1S/C16H30N2O2/c1-13-6-10-18(11-7-13)12-8-14-5-4-9-16(14,17-2)15(19)20-3/h13-14,17H,4-12H2,1-3H3. The third-order valence-corrected chi connectivity index (χ3v) is 5.49. The zero-order valence-electron chi connectivity index (χ0n) is 13.3. The normalized spacial score (nSPS) is 32.5. The van der Waals surface area contributed by atoms with Gasteiger partial charge in [0.05, 0.1) is 7.11 Å². The van der Waals surface area contributed by atoms with Crippen LogP contribution in [-0.4, -0.2) is 50.2 Å². The first kappa shape index (κ1) is 15.8. The van der Waals surface area contributed by atoms with Gasteiger partial charge in [0.25, 0.3) is 0 Å². The summed E-state index contributed by atoms with van der Waals surface area (Å²) in [5.74, 6) is 1.22. The van der Waals surface area contributed by atoms with E-state index in [4.69, 9.17) is 4.74 Å². The first-order valence-electron chi connectivity index (χ1n) is 8.12. The second-order valence-corrected chi connectivity index (χ2v) is 6.61. The second kappa shape index (κ2) is 6.90. The van der Waals surface area contributed by atoms with E-state index in [0.29, 0.717) is 5.92 Å². The Morgan fingerprint density at radius 2 is 2.05 bits per heavy atom. The monoisotopic (exact) mass is 282 g/mol. The average Bonchev–Trinajstić information content (AvgIpc) is 2.90. The predicted molar refractivity (Wildman–Crippen MR) is 80.6 cm³/mol. The summed E-state index contributed by atoms with van der Waals surface area (Å²) < 4.78 is 5.05. The molecule has 1 heterocycles. The van der Waals surface area contributed by atoms with Crippen molar-refractivity contribution in [2.24, 2.45) is 11.8 Å². The number of hydrogen-bond donors (Lipinski definition) is 1. The van der Waals surface area contributed by atoms with E-state index in [1.165, 1.54) is 33.0 Å². The Morgan fingerprint density at radius 3 is 2.65 bits per heavy atom. The molecule has 1 saturated carbocycles. The maximum atomic E-state index is 12.2. The minimum Gasteiger partial charge on any atom is -0.468 e. The topological polar surface area (TPSA) is 41.6 Å². The summed E-state index contributed by atoms with van der Waals surface area (Å²) in [4.78, 5) is 14.7. The molecule has 0 bridgehead atoms. The van der Waals surface area contributed by atoms with Crippen LogP contribution in [0.2, 0.25) is 0 Å². The van der Waals surface area contributed by atoms with E-state index in [1.807, 2.05) is 7.05 Å². The molecule has 1 aliphatic heterocycles. The largest absolute Gasteiger partial charge is 0.468 e.